The van der Waals surface area contributed by atoms with E-state index in [1.807, 2.05) is 18.7 Å². The first-order valence-corrected chi connectivity index (χ1v) is 17.4. The Kier molecular flexibility index (Phi) is 6.88. The number of amides is 1. The van der Waals surface area contributed by atoms with Crippen molar-refractivity contribution in [1.82, 2.24) is 10.2 Å². The van der Waals surface area contributed by atoms with Crippen molar-refractivity contribution in [3.8, 4) is 0 Å². The van der Waals surface area contributed by atoms with E-state index >= 15 is 0 Å². The summed E-state index contributed by atoms with van der Waals surface area (Å²) in [4.78, 5) is 23.2. The fraction of sp³-hybridized carbons (Fsp3) is 0.448. The van der Waals surface area contributed by atoms with Crippen molar-refractivity contribution in [3.63, 3.8) is 0 Å². The van der Waals surface area contributed by atoms with Gasteiger partial charge in [0.1, 0.15) is 0 Å². The van der Waals surface area contributed by atoms with Crippen LogP contribution in [-0.4, -0.2) is 87.8 Å². The minimum absolute atomic E-state index is 0.0171. The number of fused-ring (bicyclic) bond motifs is 2. The zero-order valence-electron chi connectivity index (χ0n) is 23.3. The molecule has 4 aliphatic rings. The Bertz CT molecular complexity index is 1320. The molecule has 0 aromatic heterocycles. The molecular weight excluding hydrogens is 589 g/mol. The van der Waals surface area contributed by atoms with Crippen molar-refractivity contribution >= 4 is 57.7 Å². The van der Waals surface area contributed by atoms with E-state index in [0.29, 0.717) is 12.4 Å². The van der Waals surface area contributed by atoms with Gasteiger partial charge in [-0.1, -0.05) is 0 Å². The van der Waals surface area contributed by atoms with Crippen LogP contribution in [0, 0.1) is 5.41 Å². The third-order valence-corrected chi connectivity index (χ3v) is 16.1. The van der Waals surface area contributed by atoms with Crippen LogP contribution in [0.15, 0.2) is 70.6 Å². The van der Waals surface area contributed by atoms with Crippen molar-refractivity contribution in [1.29, 1.82) is 5.41 Å². The predicted octanol–water partition coefficient (Wildman–Crippen LogP) is 2.09. The summed E-state index contributed by atoms with van der Waals surface area (Å²) >= 11 is -0.0171. The number of nitrogens with one attached hydrogen (secondary N) is 2. The molecule has 11 heteroatoms. The molecule has 1 amide bonds. The Morgan fingerprint density at radius 1 is 1.05 bits per heavy atom. The van der Waals surface area contributed by atoms with Crippen LogP contribution >= 0.6 is 0 Å². The Hall–Kier alpha value is -2.66. The molecule has 0 bridgehead atoms. The van der Waals surface area contributed by atoms with Crippen LogP contribution in [0.5, 0.6) is 0 Å². The minimum atomic E-state index is -2.73. The van der Waals surface area contributed by atoms with Gasteiger partial charge < -0.3 is 0 Å². The molecular formula is C29H35N5O4SeSi. The molecule has 6 rings (SSSR count). The molecule has 2 N–H and O–H groups in total. The standard InChI is InChI=1S/C29H35N5O4SeSi/c1-28(2,3)40(18-12-8-6-9-13-18,19-14-10-7-11-15-19)36-16-20-22-23(38-29(4,5)37-22)26(39-20)34-17-31-21-24(34)32-27(30)33-25(21)35/h6-15,17,20-23,26H,16H2,1-5H3,(H2,30,33,35)/t20-,21?,22-,23-,26-/m1/s1. The second-order valence-corrected chi connectivity index (χ2v) is 19.1. The summed E-state index contributed by atoms with van der Waals surface area (Å²) in [6, 6.07) is 20.6. The van der Waals surface area contributed by atoms with E-state index in [0.717, 1.165) is 0 Å². The summed E-state index contributed by atoms with van der Waals surface area (Å²) in [6.07, 6.45) is 1.29. The second-order valence-electron chi connectivity index (χ2n) is 12.0. The number of rotatable bonds is 6. The van der Waals surface area contributed by atoms with E-state index in [9.17, 15) is 4.79 Å². The number of guanidine groups is 1. The molecule has 0 radical (unpaired) electrons. The van der Waals surface area contributed by atoms with Crippen LogP contribution < -0.4 is 15.7 Å². The van der Waals surface area contributed by atoms with Gasteiger partial charge in [-0.05, 0) is 0 Å². The number of nitrogens with zero attached hydrogens (tertiary/aromatic N) is 3. The van der Waals surface area contributed by atoms with Crippen molar-refractivity contribution in [2.75, 3.05) is 6.61 Å². The number of amidine groups is 1. The van der Waals surface area contributed by atoms with E-state index in [4.69, 9.17) is 19.3 Å². The number of ether oxygens (including phenoxy) is 2. The molecule has 1 unspecified atom stereocenters. The maximum atomic E-state index is 12.5. The zero-order chi connectivity index (χ0) is 28.3. The second kappa shape index (κ2) is 10.0. The van der Waals surface area contributed by atoms with Gasteiger partial charge in [0, 0.05) is 0 Å². The van der Waals surface area contributed by atoms with Gasteiger partial charge in [-0.25, -0.2) is 0 Å². The summed E-state index contributed by atoms with van der Waals surface area (Å²) < 4.78 is 20.3. The van der Waals surface area contributed by atoms with Gasteiger partial charge in [-0.2, -0.15) is 0 Å². The van der Waals surface area contributed by atoms with Gasteiger partial charge in [0.25, 0.3) is 0 Å². The monoisotopic (exact) mass is 625 g/mol. The number of hydrogen-bond donors (Lipinski definition) is 2. The van der Waals surface area contributed by atoms with Gasteiger partial charge in [-0.15, -0.1) is 0 Å². The first kappa shape index (κ1) is 27.5. The number of hydrogen-bond acceptors (Lipinski definition) is 7. The van der Waals surface area contributed by atoms with Gasteiger partial charge in [0.2, 0.25) is 0 Å². The Morgan fingerprint density at radius 3 is 2.25 bits per heavy atom. The summed E-state index contributed by atoms with van der Waals surface area (Å²) in [5.41, 5.74) is 0. The van der Waals surface area contributed by atoms with Gasteiger partial charge in [0.05, 0.1) is 0 Å². The third-order valence-electron chi connectivity index (χ3n) is 7.85. The van der Waals surface area contributed by atoms with E-state index < -0.39 is 20.1 Å². The van der Waals surface area contributed by atoms with Gasteiger partial charge in [0.15, 0.2) is 0 Å². The molecule has 0 aliphatic carbocycles. The van der Waals surface area contributed by atoms with E-state index in [-0.39, 0.29) is 53.8 Å². The number of aliphatic imine (C=N–C) groups is 2. The molecule has 2 fully saturated rings. The van der Waals surface area contributed by atoms with Crippen LogP contribution in [-0.2, 0) is 18.7 Å². The van der Waals surface area contributed by atoms with Crippen molar-refractivity contribution in [3.05, 3.63) is 60.7 Å². The maximum absolute atomic E-state index is 12.5. The fourth-order valence-corrected chi connectivity index (χ4v) is 14.3. The number of benzene rings is 2. The van der Waals surface area contributed by atoms with Crippen LogP contribution in [0.2, 0.25) is 9.85 Å². The van der Waals surface area contributed by atoms with Crippen LogP contribution in [0.4, 0.5) is 0 Å². The average molecular weight is 625 g/mol. The third kappa shape index (κ3) is 4.58. The SMILES string of the molecule is CC1(C)O[C@@H]2[C@H](O1)[C@@H](CO[Si](c1ccccc1)(c1ccccc1)C(C)(C)C)[Se][C@H]2N1C=NC2C(=O)NC(=N)N=C21. The topological polar surface area (TPSA) is 109 Å². The normalized spacial score (nSPS) is 29.3. The van der Waals surface area contributed by atoms with Crippen LogP contribution in [0.1, 0.15) is 34.6 Å². The first-order valence-electron chi connectivity index (χ1n) is 13.6. The molecule has 40 heavy (non-hydrogen) atoms. The van der Waals surface area contributed by atoms with Crippen LogP contribution in [0.3, 0.4) is 0 Å². The molecule has 210 valence electrons. The first-order chi connectivity index (χ1) is 19.0. The number of carbonyl (C=O) groups is 1. The Labute approximate surface area is 242 Å². The van der Waals surface area contributed by atoms with Crippen molar-refractivity contribution in [2.24, 2.45) is 9.98 Å². The van der Waals surface area contributed by atoms with E-state index in [2.05, 4.69) is 96.7 Å². The molecule has 4 heterocycles. The molecule has 0 saturated carbocycles. The molecule has 0 spiro atoms. The summed E-state index contributed by atoms with van der Waals surface area (Å²) in [5.74, 6) is -0.745. The quantitative estimate of drug-likeness (QED) is 0.479. The molecule has 2 saturated heterocycles. The van der Waals surface area contributed by atoms with Crippen molar-refractivity contribution < 1.29 is 18.7 Å². The Morgan fingerprint density at radius 2 is 1.65 bits per heavy atom. The van der Waals surface area contributed by atoms with E-state index in [1.54, 1.807) is 6.34 Å². The molecule has 5 atom stereocenters. The number of carbonyl (C=O) groups excluding carboxylic acids is 1. The average Bonchev–Trinajstić information content (AvgIpc) is 3.56. The summed E-state index contributed by atoms with van der Waals surface area (Å²) in [5, 5.41) is 12.8. The predicted molar refractivity (Wildman–Crippen MR) is 158 cm³/mol. The molecule has 4 aliphatic heterocycles. The summed E-state index contributed by atoms with van der Waals surface area (Å²) in [6.45, 7) is 11.3. The van der Waals surface area contributed by atoms with Gasteiger partial charge in [-0.3, -0.25) is 0 Å². The zero-order valence-corrected chi connectivity index (χ0v) is 26.0. The summed E-state index contributed by atoms with van der Waals surface area (Å²) in [7, 11) is -2.73. The van der Waals surface area contributed by atoms with Gasteiger partial charge >= 0.3 is 243 Å². The molecule has 9 nitrogen and oxygen atoms in total. The van der Waals surface area contributed by atoms with Crippen molar-refractivity contribution in [2.45, 2.75) is 73.5 Å². The van der Waals surface area contributed by atoms with Crippen LogP contribution in [0.25, 0.3) is 0 Å². The molecule has 2 aromatic carbocycles. The molecule has 2 aromatic rings. The Balaban J connectivity index is 1.34. The van der Waals surface area contributed by atoms with E-state index in [1.165, 1.54) is 10.4 Å². The fourth-order valence-electron chi connectivity index (χ4n) is 6.22.